The van der Waals surface area contributed by atoms with E-state index in [0.717, 1.165) is 11.1 Å². The van der Waals surface area contributed by atoms with E-state index < -0.39 is 5.97 Å². The molecule has 0 radical (unpaired) electrons. The summed E-state index contributed by atoms with van der Waals surface area (Å²) in [5.41, 5.74) is 1.48. The summed E-state index contributed by atoms with van der Waals surface area (Å²) >= 11 is 0. The van der Waals surface area contributed by atoms with Gasteiger partial charge in [0.2, 0.25) is 0 Å². The minimum Gasteiger partial charge on any atom is -0.497 e. The summed E-state index contributed by atoms with van der Waals surface area (Å²) in [4.78, 5) is 11.3. The third kappa shape index (κ3) is 4.32. The van der Waals surface area contributed by atoms with Crippen LogP contribution in [0.3, 0.4) is 0 Å². The molecule has 0 aromatic heterocycles. The van der Waals surface area contributed by atoms with Gasteiger partial charge in [-0.15, -0.1) is 0 Å². The molecular formula is C15H17NO4. The molecule has 5 nitrogen and oxygen atoms in total. The molecule has 0 saturated heterocycles. The molecule has 20 heavy (non-hydrogen) atoms. The third-order valence-electron chi connectivity index (χ3n) is 2.55. The van der Waals surface area contributed by atoms with Crippen molar-refractivity contribution in [1.82, 2.24) is 0 Å². The number of rotatable bonds is 6. The smallest absolute Gasteiger partial charge is 0.344 e. The molecule has 1 aromatic carbocycles. The van der Waals surface area contributed by atoms with Crippen LogP contribution in [0.25, 0.3) is 5.57 Å². The number of methoxy groups -OCH3 is 1. The second kappa shape index (κ2) is 7.85. The second-order valence-electron chi connectivity index (χ2n) is 3.91. The first kappa shape index (κ1) is 15.6. The predicted molar refractivity (Wildman–Crippen MR) is 74.4 cm³/mol. The summed E-state index contributed by atoms with van der Waals surface area (Å²) in [6.45, 7) is 3.64. The van der Waals surface area contributed by atoms with Crippen molar-refractivity contribution in [3.05, 3.63) is 29.8 Å². The minimum atomic E-state index is -0.441. The van der Waals surface area contributed by atoms with Gasteiger partial charge in [-0.1, -0.05) is 0 Å². The van der Waals surface area contributed by atoms with Gasteiger partial charge in [-0.2, -0.15) is 5.26 Å². The van der Waals surface area contributed by atoms with Gasteiger partial charge >= 0.3 is 5.97 Å². The molecule has 0 saturated carbocycles. The highest BCUT2D eigenvalue weighted by Crippen LogP contribution is 2.30. The van der Waals surface area contributed by atoms with E-state index in [0.29, 0.717) is 18.1 Å². The van der Waals surface area contributed by atoms with Gasteiger partial charge in [0.1, 0.15) is 11.5 Å². The Hall–Kier alpha value is -2.48. The Balaban J connectivity index is 2.98. The van der Waals surface area contributed by atoms with Gasteiger partial charge in [0.15, 0.2) is 6.61 Å². The molecule has 0 fully saturated rings. The fourth-order valence-corrected chi connectivity index (χ4v) is 1.59. The van der Waals surface area contributed by atoms with Crippen molar-refractivity contribution in [1.29, 1.82) is 5.26 Å². The van der Waals surface area contributed by atoms with Gasteiger partial charge in [-0.05, 0) is 31.6 Å². The van der Waals surface area contributed by atoms with Gasteiger partial charge < -0.3 is 14.2 Å². The van der Waals surface area contributed by atoms with Crippen LogP contribution in [0.15, 0.2) is 24.3 Å². The Morgan fingerprint density at radius 1 is 1.45 bits per heavy atom. The summed E-state index contributed by atoms with van der Waals surface area (Å²) in [7, 11) is 1.54. The Kier molecular flexibility index (Phi) is 6.11. The Labute approximate surface area is 118 Å². The predicted octanol–water partition coefficient (Wildman–Crippen LogP) is 2.56. The molecule has 0 heterocycles. The Morgan fingerprint density at radius 3 is 2.80 bits per heavy atom. The molecule has 0 unspecified atom stereocenters. The largest absolute Gasteiger partial charge is 0.497 e. The lowest BCUT2D eigenvalue weighted by Gasteiger charge is -2.12. The van der Waals surface area contributed by atoms with Crippen molar-refractivity contribution < 1.29 is 19.0 Å². The molecule has 0 aliphatic carbocycles. The van der Waals surface area contributed by atoms with E-state index in [-0.39, 0.29) is 6.61 Å². The highest BCUT2D eigenvalue weighted by Gasteiger charge is 2.10. The van der Waals surface area contributed by atoms with Crippen LogP contribution >= 0.6 is 0 Å². The highest BCUT2D eigenvalue weighted by molar-refractivity contribution is 5.74. The Morgan fingerprint density at radius 2 is 2.20 bits per heavy atom. The number of allylic oxidation sites excluding steroid dienone is 2. The van der Waals surface area contributed by atoms with Crippen molar-refractivity contribution in [2.24, 2.45) is 0 Å². The molecule has 0 aliphatic heterocycles. The van der Waals surface area contributed by atoms with Gasteiger partial charge in [0.25, 0.3) is 0 Å². The standard InChI is InChI=1S/C15H17NO4/c1-4-19-15(17)10-20-14-9-12(18-3)5-6-13(14)11(2)7-8-16/h5-7,9H,4,10H2,1-3H3/b11-7+. The minimum absolute atomic E-state index is 0.187. The van der Waals surface area contributed by atoms with Crippen LogP contribution in [0.2, 0.25) is 0 Å². The first-order valence-corrected chi connectivity index (χ1v) is 6.15. The van der Waals surface area contributed by atoms with Crippen molar-refractivity contribution in [2.45, 2.75) is 13.8 Å². The average Bonchev–Trinajstić information content (AvgIpc) is 2.45. The fourth-order valence-electron chi connectivity index (χ4n) is 1.59. The van der Waals surface area contributed by atoms with Crippen LogP contribution in [0, 0.1) is 11.3 Å². The fraction of sp³-hybridized carbons (Fsp3) is 0.333. The SMILES string of the molecule is CCOC(=O)COc1cc(OC)ccc1/C(C)=C/C#N. The monoisotopic (exact) mass is 275 g/mol. The summed E-state index contributed by atoms with van der Waals surface area (Å²) < 4.78 is 15.4. The maximum Gasteiger partial charge on any atom is 0.344 e. The van der Waals surface area contributed by atoms with E-state index in [1.165, 1.54) is 6.08 Å². The Bertz CT molecular complexity index is 543. The van der Waals surface area contributed by atoms with Gasteiger partial charge in [0, 0.05) is 17.7 Å². The second-order valence-corrected chi connectivity index (χ2v) is 3.91. The number of ether oxygens (including phenoxy) is 3. The van der Waals surface area contributed by atoms with E-state index in [1.54, 1.807) is 39.2 Å². The third-order valence-corrected chi connectivity index (χ3v) is 2.55. The number of esters is 1. The number of carbonyl (C=O) groups excluding carboxylic acids is 1. The van der Waals surface area contributed by atoms with Crippen LogP contribution in [0.4, 0.5) is 0 Å². The van der Waals surface area contributed by atoms with Crippen LogP contribution < -0.4 is 9.47 Å². The van der Waals surface area contributed by atoms with Crippen molar-refractivity contribution >= 4 is 11.5 Å². The first-order chi connectivity index (χ1) is 9.62. The molecule has 0 amide bonds. The van der Waals surface area contributed by atoms with Crippen molar-refractivity contribution in [3.63, 3.8) is 0 Å². The van der Waals surface area contributed by atoms with Gasteiger partial charge in [-0.25, -0.2) is 4.79 Å². The maximum atomic E-state index is 11.3. The zero-order valence-corrected chi connectivity index (χ0v) is 11.8. The number of carbonyl (C=O) groups is 1. The number of nitriles is 1. The molecule has 0 aliphatic rings. The van der Waals surface area contributed by atoms with E-state index in [4.69, 9.17) is 19.5 Å². The molecule has 106 valence electrons. The molecule has 5 heteroatoms. The van der Waals surface area contributed by atoms with Crippen molar-refractivity contribution in [2.75, 3.05) is 20.3 Å². The summed E-state index contributed by atoms with van der Waals surface area (Å²) in [6, 6.07) is 7.18. The molecule has 0 N–H and O–H groups in total. The van der Waals surface area contributed by atoms with E-state index in [9.17, 15) is 4.79 Å². The van der Waals surface area contributed by atoms with Crippen LogP contribution in [0.5, 0.6) is 11.5 Å². The normalized spacial score (nSPS) is 10.6. The summed E-state index contributed by atoms with van der Waals surface area (Å²) in [6.07, 6.45) is 1.42. The van der Waals surface area contributed by atoms with Crippen LogP contribution in [-0.2, 0) is 9.53 Å². The molecular weight excluding hydrogens is 258 g/mol. The van der Waals surface area contributed by atoms with Crippen LogP contribution in [0.1, 0.15) is 19.4 Å². The average molecular weight is 275 g/mol. The zero-order chi connectivity index (χ0) is 15.0. The van der Waals surface area contributed by atoms with Gasteiger partial charge in [0.05, 0.1) is 19.8 Å². The van der Waals surface area contributed by atoms with Gasteiger partial charge in [-0.3, -0.25) is 0 Å². The summed E-state index contributed by atoms with van der Waals surface area (Å²) in [5.74, 6) is 0.641. The quantitative estimate of drug-likeness (QED) is 0.589. The first-order valence-electron chi connectivity index (χ1n) is 6.15. The summed E-state index contributed by atoms with van der Waals surface area (Å²) in [5, 5.41) is 8.71. The topological polar surface area (TPSA) is 68.6 Å². The lowest BCUT2D eigenvalue weighted by Crippen LogP contribution is -2.15. The van der Waals surface area contributed by atoms with E-state index >= 15 is 0 Å². The molecule has 1 rings (SSSR count). The molecule has 1 aromatic rings. The lowest BCUT2D eigenvalue weighted by molar-refractivity contribution is -0.145. The van der Waals surface area contributed by atoms with Crippen LogP contribution in [-0.4, -0.2) is 26.3 Å². The molecule has 0 spiro atoms. The number of nitrogens with zero attached hydrogens (tertiary/aromatic N) is 1. The zero-order valence-electron chi connectivity index (χ0n) is 11.8. The molecule has 0 bridgehead atoms. The molecule has 0 atom stereocenters. The number of hydrogen-bond donors (Lipinski definition) is 0. The van der Waals surface area contributed by atoms with E-state index in [2.05, 4.69) is 0 Å². The lowest BCUT2D eigenvalue weighted by atomic mass is 10.1. The maximum absolute atomic E-state index is 11.3. The highest BCUT2D eigenvalue weighted by atomic mass is 16.6. The van der Waals surface area contributed by atoms with Crippen molar-refractivity contribution in [3.8, 4) is 17.6 Å². The number of hydrogen-bond acceptors (Lipinski definition) is 5. The van der Waals surface area contributed by atoms with E-state index in [1.807, 2.05) is 6.07 Å². The number of benzene rings is 1.